The molecule has 6 heteroatoms. The number of para-hydroxylation sites is 1. The number of ether oxygens (including phenoxy) is 1. The second-order valence-electron chi connectivity index (χ2n) is 6.26. The van der Waals surface area contributed by atoms with Crippen molar-refractivity contribution in [1.29, 1.82) is 0 Å². The van der Waals surface area contributed by atoms with Gasteiger partial charge in [0.2, 0.25) is 0 Å². The van der Waals surface area contributed by atoms with E-state index < -0.39 is 0 Å². The van der Waals surface area contributed by atoms with Crippen molar-refractivity contribution >= 4 is 17.5 Å². The number of rotatable bonds is 8. The lowest BCUT2D eigenvalue weighted by Gasteiger charge is -2.13. The predicted molar refractivity (Wildman–Crippen MR) is 108 cm³/mol. The molecule has 1 heterocycles. The zero-order valence-corrected chi connectivity index (χ0v) is 16.6. The van der Waals surface area contributed by atoms with Crippen LogP contribution in [-0.4, -0.2) is 32.9 Å². The number of aromatic nitrogens is 3. The number of benzene rings is 2. The minimum absolute atomic E-state index is 0.122. The van der Waals surface area contributed by atoms with Gasteiger partial charge in [0, 0.05) is 6.54 Å². The van der Waals surface area contributed by atoms with Crippen molar-refractivity contribution < 1.29 is 9.53 Å². The summed E-state index contributed by atoms with van der Waals surface area (Å²) in [6.45, 7) is 4.22. The van der Waals surface area contributed by atoms with Gasteiger partial charge in [-0.1, -0.05) is 54.2 Å². The van der Waals surface area contributed by atoms with E-state index in [1.807, 2.05) is 49.4 Å². The van der Waals surface area contributed by atoms with E-state index in [2.05, 4.69) is 26.9 Å². The second-order valence-corrected chi connectivity index (χ2v) is 7.57. The molecule has 0 amide bonds. The summed E-state index contributed by atoms with van der Waals surface area (Å²) in [5.41, 5.74) is 2.13. The Kier molecular flexibility index (Phi) is 6.29. The first kappa shape index (κ1) is 19.2. The number of carbonyl (C=O) groups excluding carboxylic acids is 1. The van der Waals surface area contributed by atoms with Gasteiger partial charge in [0.05, 0.1) is 17.9 Å². The molecule has 27 heavy (non-hydrogen) atoms. The number of hydrogen-bond donors (Lipinski definition) is 0. The van der Waals surface area contributed by atoms with E-state index in [0.717, 1.165) is 35.3 Å². The van der Waals surface area contributed by atoms with Crippen molar-refractivity contribution in [2.24, 2.45) is 0 Å². The van der Waals surface area contributed by atoms with Crippen LogP contribution in [0, 0.1) is 0 Å². The lowest BCUT2D eigenvalue weighted by atomic mass is 10.1. The van der Waals surface area contributed by atoms with Gasteiger partial charge in [-0.3, -0.25) is 4.79 Å². The van der Waals surface area contributed by atoms with E-state index >= 15 is 0 Å². The van der Waals surface area contributed by atoms with Crippen LogP contribution in [0.25, 0.3) is 11.4 Å². The Labute approximate surface area is 163 Å². The highest BCUT2D eigenvalue weighted by molar-refractivity contribution is 8.00. The Bertz CT molecular complexity index is 909. The highest BCUT2D eigenvalue weighted by atomic mass is 32.2. The summed E-state index contributed by atoms with van der Waals surface area (Å²) in [4.78, 5) is 11.7. The maximum atomic E-state index is 11.7. The molecular weight excluding hydrogens is 358 g/mol. The van der Waals surface area contributed by atoms with Gasteiger partial charge in [0.25, 0.3) is 0 Å². The molecule has 3 rings (SSSR count). The molecule has 140 valence electrons. The highest BCUT2D eigenvalue weighted by Crippen LogP contribution is 2.32. The Balaban J connectivity index is 1.97. The normalized spacial score (nSPS) is 12.0. The maximum Gasteiger partial charge on any atom is 0.192 e. The number of carbonyl (C=O) groups is 1. The number of ketones is 1. The fraction of sp³-hybridized carbons (Fsp3) is 0.286. The Morgan fingerprint density at radius 1 is 1.11 bits per heavy atom. The molecule has 0 aliphatic rings. The van der Waals surface area contributed by atoms with Gasteiger partial charge >= 0.3 is 0 Å². The topological polar surface area (TPSA) is 57.0 Å². The molecule has 0 N–H and O–H groups in total. The molecule has 0 fully saturated rings. The number of methoxy groups -OCH3 is 1. The van der Waals surface area contributed by atoms with Crippen molar-refractivity contribution in [2.75, 3.05) is 7.11 Å². The summed E-state index contributed by atoms with van der Waals surface area (Å²) in [6.07, 6.45) is 0.850. The molecule has 1 unspecified atom stereocenters. The molecule has 0 saturated carbocycles. The maximum absolute atomic E-state index is 11.7. The van der Waals surface area contributed by atoms with Crippen LogP contribution in [0.3, 0.4) is 0 Å². The summed E-state index contributed by atoms with van der Waals surface area (Å²) in [7, 11) is 1.65. The number of thioether (sulfide) groups is 1. The average Bonchev–Trinajstić information content (AvgIpc) is 3.09. The van der Waals surface area contributed by atoms with Gasteiger partial charge in [-0.2, -0.15) is 0 Å². The molecule has 2 aromatic carbocycles. The van der Waals surface area contributed by atoms with Crippen molar-refractivity contribution in [3.63, 3.8) is 0 Å². The van der Waals surface area contributed by atoms with E-state index in [4.69, 9.17) is 4.74 Å². The number of nitrogens with zero attached hydrogens (tertiary/aromatic N) is 3. The number of hydrogen-bond acceptors (Lipinski definition) is 5. The van der Waals surface area contributed by atoms with Crippen molar-refractivity contribution in [2.45, 2.75) is 37.2 Å². The van der Waals surface area contributed by atoms with E-state index in [-0.39, 0.29) is 11.0 Å². The number of Topliss-reactive ketones (excluding diaryl/α,β-unsaturated/α-hetero) is 1. The lowest BCUT2D eigenvalue weighted by Crippen LogP contribution is -2.11. The molecule has 0 aliphatic carbocycles. The van der Waals surface area contributed by atoms with E-state index in [9.17, 15) is 4.79 Å². The monoisotopic (exact) mass is 381 g/mol. The fourth-order valence-corrected chi connectivity index (χ4v) is 3.61. The van der Waals surface area contributed by atoms with Gasteiger partial charge in [0.1, 0.15) is 11.5 Å². The van der Waals surface area contributed by atoms with Gasteiger partial charge in [-0.05, 0) is 38.0 Å². The number of aryl methyl sites for hydroxylation is 1. The largest absolute Gasteiger partial charge is 0.496 e. The third kappa shape index (κ3) is 4.57. The summed E-state index contributed by atoms with van der Waals surface area (Å²) in [6, 6.07) is 18.1. The van der Waals surface area contributed by atoms with Crippen LogP contribution in [0.2, 0.25) is 0 Å². The smallest absolute Gasteiger partial charge is 0.192 e. The standard InChI is InChI=1S/C21H23N3O2S/c1-15(25)16(2)27-21-23-22-20(18-11-7-8-12-19(18)26-3)24(21)14-13-17-9-5-4-6-10-17/h4-12,16H,13-14H2,1-3H3. The third-order valence-corrected chi connectivity index (χ3v) is 5.58. The molecular formula is C21H23N3O2S. The summed E-state index contributed by atoms with van der Waals surface area (Å²) in [5.74, 6) is 1.63. The molecule has 0 bridgehead atoms. The van der Waals surface area contributed by atoms with Gasteiger partial charge in [0.15, 0.2) is 11.0 Å². The molecule has 0 spiro atoms. The van der Waals surface area contributed by atoms with Gasteiger partial charge in [-0.15, -0.1) is 10.2 Å². The average molecular weight is 382 g/mol. The SMILES string of the molecule is COc1ccccc1-c1nnc(SC(C)C(C)=O)n1CCc1ccccc1. The zero-order valence-electron chi connectivity index (χ0n) is 15.8. The minimum Gasteiger partial charge on any atom is -0.496 e. The van der Waals surface area contributed by atoms with Crippen LogP contribution in [0.5, 0.6) is 5.75 Å². The Morgan fingerprint density at radius 2 is 1.81 bits per heavy atom. The summed E-state index contributed by atoms with van der Waals surface area (Å²) >= 11 is 1.44. The van der Waals surface area contributed by atoms with E-state index in [0.29, 0.717) is 0 Å². The summed E-state index contributed by atoms with van der Waals surface area (Å²) in [5, 5.41) is 9.37. The molecule has 1 atom stereocenters. The summed E-state index contributed by atoms with van der Waals surface area (Å²) < 4.78 is 7.58. The zero-order chi connectivity index (χ0) is 19.2. The predicted octanol–water partition coefficient (Wildman–Crippen LogP) is 4.27. The van der Waals surface area contributed by atoms with Crippen LogP contribution in [-0.2, 0) is 17.8 Å². The van der Waals surface area contributed by atoms with Crippen LogP contribution in [0.1, 0.15) is 19.4 Å². The quantitative estimate of drug-likeness (QED) is 0.546. The molecule has 0 radical (unpaired) electrons. The van der Waals surface area contributed by atoms with Crippen LogP contribution < -0.4 is 4.74 Å². The van der Waals surface area contributed by atoms with Crippen molar-refractivity contribution in [3.05, 3.63) is 60.2 Å². The molecule has 0 aliphatic heterocycles. The van der Waals surface area contributed by atoms with Crippen LogP contribution in [0.4, 0.5) is 0 Å². The van der Waals surface area contributed by atoms with Crippen molar-refractivity contribution in [3.8, 4) is 17.1 Å². The van der Waals surface area contributed by atoms with Crippen LogP contribution >= 0.6 is 11.8 Å². The van der Waals surface area contributed by atoms with Gasteiger partial charge < -0.3 is 9.30 Å². The molecule has 0 saturated heterocycles. The van der Waals surface area contributed by atoms with Gasteiger partial charge in [-0.25, -0.2) is 0 Å². The Hall–Kier alpha value is -2.60. The molecule has 5 nitrogen and oxygen atoms in total. The first-order chi connectivity index (χ1) is 13.1. The first-order valence-corrected chi connectivity index (χ1v) is 9.75. The lowest BCUT2D eigenvalue weighted by molar-refractivity contribution is -0.116. The second kappa shape index (κ2) is 8.86. The van der Waals surface area contributed by atoms with Crippen molar-refractivity contribution in [1.82, 2.24) is 14.8 Å². The minimum atomic E-state index is -0.171. The molecule has 3 aromatic rings. The fourth-order valence-electron chi connectivity index (χ4n) is 2.73. The highest BCUT2D eigenvalue weighted by Gasteiger charge is 2.20. The Morgan fingerprint density at radius 3 is 2.52 bits per heavy atom. The van der Waals surface area contributed by atoms with E-state index in [1.165, 1.54) is 17.3 Å². The van der Waals surface area contributed by atoms with Crippen LogP contribution in [0.15, 0.2) is 59.8 Å². The third-order valence-electron chi connectivity index (χ3n) is 4.39. The molecule has 1 aromatic heterocycles. The van der Waals surface area contributed by atoms with E-state index in [1.54, 1.807) is 14.0 Å². The first-order valence-electron chi connectivity index (χ1n) is 8.87.